The molecule has 1 unspecified atom stereocenters. The fourth-order valence-corrected chi connectivity index (χ4v) is 2.92. The Hall–Kier alpha value is -1.06. The minimum Gasteiger partial charge on any atom is -0.491 e. The Morgan fingerprint density at radius 2 is 1.86 bits per heavy atom. The first-order chi connectivity index (χ1) is 10.1. The quantitative estimate of drug-likeness (QED) is 0.770. The highest BCUT2D eigenvalue weighted by Gasteiger charge is 2.19. The molecule has 2 N–H and O–H groups in total. The third-order valence-electron chi connectivity index (χ3n) is 4.16. The van der Waals surface area contributed by atoms with E-state index in [1.165, 1.54) is 31.2 Å². The van der Waals surface area contributed by atoms with Crippen molar-refractivity contribution < 1.29 is 9.84 Å². The molecule has 118 valence electrons. The van der Waals surface area contributed by atoms with Crippen LogP contribution in [0.2, 0.25) is 0 Å². The molecule has 3 heteroatoms. The molecule has 0 amide bonds. The molecule has 1 aliphatic rings. The summed E-state index contributed by atoms with van der Waals surface area (Å²) in [5.74, 6) is 1.54. The van der Waals surface area contributed by atoms with Crippen molar-refractivity contribution in [2.75, 3.05) is 6.61 Å². The van der Waals surface area contributed by atoms with E-state index < -0.39 is 0 Å². The molecule has 0 heterocycles. The molecule has 0 radical (unpaired) electrons. The molecule has 0 spiro atoms. The number of ether oxygens (including phenoxy) is 1. The molecule has 2 rings (SSSR count). The van der Waals surface area contributed by atoms with Gasteiger partial charge in [0.05, 0.1) is 6.10 Å². The van der Waals surface area contributed by atoms with Crippen LogP contribution in [-0.4, -0.2) is 23.9 Å². The van der Waals surface area contributed by atoms with Gasteiger partial charge in [-0.05, 0) is 30.0 Å². The Morgan fingerprint density at radius 1 is 1.19 bits per heavy atom. The standard InChI is InChI=1S/C18H29NO2/c1-14(2)19-12-16-7-9-18(10-8-16)21-13-17(20)11-15-5-3-4-6-15/h7-10,14-15,17,19-20H,3-6,11-13H2,1-2H3. The zero-order valence-electron chi connectivity index (χ0n) is 13.3. The summed E-state index contributed by atoms with van der Waals surface area (Å²) in [5.41, 5.74) is 1.25. The molecule has 0 aliphatic heterocycles. The summed E-state index contributed by atoms with van der Waals surface area (Å²) in [6.07, 6.45) is 5.74. The molecule has 0 bridgehead atoms. The predicted molar refractivity (Wildman–Crippen MR) is 86.5 cm³/mol. The normalized spacial score (nSPS) is 17.3. The average Bonchev–Trinajstić information content (AvgIpc) is 2.97. The highest BCUT2D eigenvalue weighted by Crippen LogP contribution is 2.28. The van der Waals surface area contributed by atoms with Crippen LogP contribution in [-0.2, 0) is 6.54 Å². The van der Waals surface area contributed by atoms with Crippen molar-refractivity contribution in [3.05, 3.63) is 29.8 Å². The van der Waals surface area contributed by atoms with Gasteiger partial charge in [-0.2, -0.15) is 0 Å². The van der Waals surface area contributed by atoms with Gasteiger partial charge in [0.25, 0.3) is 0 Å². The van der Waals surface area contributed by atoms with Crippen LogP contribution in [0.3, 0.4) is 0 Å². The van der Waals surface area contributed by atoms with Crippen molar-refractivity contribution in [2.45, 2.75) is 64.6 Å². The molecular formula is C18H29NO2. The SMILES string of the molecule is CC(C)NCc1ccc(OCC(O)CC2CCCC2)cc1. The molecule has 1 atom stereocenters. The number of aliphatic hydroxyl groups excluding tert-OH is 1. The molecule has 1 aliphatic carbocycles. The third kappa shape index (κ3) is 6.06. The van der Waals surface area contributed by atoms with Crippen LogP contribution < -0.4 is 10.1 Å². The smallest absolute Gasteiger partial charge is 0.119 e. The zero-order chi connectivity index (χ0) is 15.1. The summed E-state index contributed by atoms with van der Waals surface area (Å²) in [6, 6.07) is 8.62. The number of rotatable bonds is 8. The molecular weight excluding hydrogens is 262 g/mol. The summed E-state index contributed by atoms with van der Waals surface area (Å²) < 4.78 is 5.69. The molecule has 1 saturated carbocycles. The summed E-state index contributed by atoms with van der Waals surface area (Å²) in [6.45, 7) is 5.56. The number of benzene rings is 1. The van der Waals surface area contributed by atoms with E-state index in [2.05, 4.69) is 31.3 Å². The van der Waals surface area contributed by atoms with Crippen LogP contribution in [0.1, 0.15) is 51.5 Å². The van der Waals surface area contributed by atoms with E-state index in [0.29, 0.717) is 18.6 Å². The van der Waals surface area contributed by atoms with Gasteiger partial charge >= 0.3 is 0 Å². The Kier molecular flexibility index (Phi) is 6.52. The van der Waals surface area contributed by atoms with Gasteiger partial charge in [-0.3, -0.25) is 0 Å². The number of hydrogen-bond donors (Lipinski definition) is 2. The molecule has 21 heavy (non-hydrogen) atoms. The lowest BCUT2D eigenvalue weighted by Gasteiger charge is -2.16. The van der Waals surface area contributed by atoms with Crippen LogP contribution in [0.4, 0.5) is 0 Å². The van der Waals surface area contributed by atoms with E-state index in [4.69, 9.17) is 4.74 Å². The lowest BCUT2D eigenvalue weighted by atomic mass is 10.0. The van der Waals surface area contributed by atoms with Gasteiger partial charge in [0, 0.05) is 12.6 Å². The monoisotopic (exact) mass is 291 g/mol. The van der Waals surface area contributed by atoms with Gasteiger partial charge in [-0.1, -0.05) is 51.7 Å². The van der Waals surface area contributed by atoms with E-state index in [-0.39, 0.29) is 6.10 Å². The second-order valence-corrected chi connectivity index (χ2v) is 6.53. The van der Waals surface area contributed by atoms with Crippen LogP contribution in [0, 0.1) is 5.92 Å². The van der Waals surface area contributed by atoms with Crippen LogP contribution in [0.25, 0.3) is 0 Å². The number of nitrogens with one attached hydrogen (secondary N) is 1. The summed E-state index contributed by atoms with van der Waals surface area (Å²) in [4.78, 5) is 0. The summed E-state index contributed by atoms with van der Waals surface area (Å²) in [5, 5.41) is 13.4. The fourth-order valence-electron chi connectivity index (χ4n) is 2.92. The van der Waals surface area contributed by atoms with E-state index in [1.807, 2.05) is 12.1 Å². The van der Waals surface area contributed by atoms with Gasteiger partial charge in [-0.15, -0.1) is 0 Å². The topological polar surface area (TPSA) is 41.5 Å². The van der Waals surface area contributed by atoms with Crippen molar-refractivity contribution in [3.63, 3.8) is 0 Å². The molecule has 3 nitrogen and oxygen atoms in total. The Labute approximate surface area is 128 Å². The molecule has 1 aromatic rings. The van der Waals surface area contributed by atoms with Gasteiger partial charge in [0.1, 0.15) is 12.4 Å². The van der Waals surface area contributed by atoms with Crippen LogP contribution in [0.5, 0.6) is 5.75 Å². The highest BCUT2D eigenvalue weighted by molar-refractivity contribution is 5.27. The minimum absolute atomic E-state index is 0.338. The number of aliphatic hydroxyl groups is 1. The third-order valence-corrected chi connectivity index (χ3v) is 4.16. The summed E-state index contributed by atoms with van der Waals surface area (Å²) >= 11 is 0. The van der Waals surface area contributed by atoms with Crippen molar-refractivity contribution in [1.82, 2.24) is 5.32 Å². The van der Waals surface area contributed by atoms with E-state index in [0.717, 1.165) is 18.7 Å². The Balaban J connectivity index is 1.70. The molecule has 0 aromatic heterocycles. The van der Waals surface area contributed by atoms with E-state index >= 15 is 0 Å². The van der Waals surface area contributed by atoms with Gasteiger partial charge in [-0.25, -0.2) is 0 Å². The lowest BCUT2D eigenvalue weighted by Crippen LogP contribution is -2.22. The fraction of sp³-hybridized carbons (Fsp3) is 0.667. The largest absolute Gasteiger partial charge is 0.491 e. The maximum absolute atomic E-state index is 10.0. The van der Waals surface area contributed by atoms with Gasteiger partial charge < -0.3 is 15.2 Å². The lowest BCUT2D eigenvalue weighted by molar-refractivity contribution is 0.0855. The zero-order valence-corrected chi connectivity index (χ0v) is 13.3. The van der Waals surface area contributed by atoms with Crippen molar-refractivity contribution in [2.24, 2.45) is 5.92 Å². The van der Waals surface area contributed by atoms with Gasteiger partial charge in [0.15, 0.2) is 0 Å². The molecule has 1 aromatic carbocycles. The first-order valence-corrected chi connectivity index (χ1v) is 8.26. The first-order valence-electron chi connectivity index (χ1n) is 8.26. The van der Waals surface area contributed by atoms with Crippen molar-refractivity contribution in [1.29, 1.82) is 0 Å². The average molecular weight is 291 g/mol. The van der Waals surface area contributed by atoms with E-state index in [1.54, 1.807) is 0 Å². The van der Waals surface area contributed by atoms with E-state index in [9.17, 15) is 5.11 Å². The van der Waals surface area contributed by atoms with Crippen molar-refractivity contribution in [3.8, 4) is 5.75 Å². The highest BCUT2D eigenvalue weighted by atomic mass is 16.5. The second-order valence-electron chi connectivity index (χ2n) is 6.53. The maximum Gasteiger partial charge on any atom is 0.119 e. The van der Waals surface area contributed by atoms with Gasteiger partial charge in [0.2, 0.25) is 0 Å². The first kappa shape index (κ1) is 16.3. The number of hydrogen-bond acceptors (Lipinski definition) is 3. The Morgan fingerprint density at radius 3 is 2.48 bits per heavy atom. The maximum atomic E-state index is 10.0. The predicted octanol–water partition coefficient (Wildman–Crippen LogP) is 3.50. The van der Waals surface area contributed by atoms with Crippen LogP contribution in [0.15, 0.2) is 24.3 Å². The Bertz CT molecular complexity index is 396. The summed E-state index contributed by atoms with van der Waals surface area (Å²) in [7, 11) is 0. The molecule has 1 fully saturated rings. The van der Waals surface area contributed by atoms with Crippen LogP contribution >= 0.6 is 0 Å². The second kappa shape index (κ2) is 8.40. The minimum atomic E-state index is -0.338. The molecule has 0 saturated heterocycles. The van der Waals surface area contributed by atoms with Crippen molar-refractivity contribution >= 4 is 0 Å².